The number of nitrogens with zero attached hydrogens (tertiary/aromatic N) is 2. The van der Waals surface area contributed by atoms with E-state index in [4.69, 9.17) is 16.3 Å². The van der Waals surface area contributed by atoms with Gasteiger partial charge < -0.3 is 9.64 Å². The van der Waals surface area contributed by atoms with Crippen LogP contribution in [0, 0.1) is 5.92 Å². The van der Waals surface area contributed by atoms with Crippen LogP contribution in [-0.2, 0) is 9.59 Å². The largest absolute Gasteiger partial charge is 0.489 e. The second-order valence-corrected chi connectivity index (χ2v) is 7.15. The van der Waals surface area contributed by atoms with Crippen LogP contribution in [0.25, 0.3) is 0 Å². The average molecular weight is 407 g/mol. The Labute approximate surface area is 169 Å². The third kappa shape index (κ3) is 4.68. The van der Waals surface area contributed by atoms with Gasteiger partial charge in [0.05, 0.1) is 17.6 Å². The fourth-order valence-electron chi connectivity index (χ4n) is 3.00. The highest BCUT2D eigenvalue weighted by Crippen LogP contribution is 2.34. The maximum Gasteiger partial charge on any atom is 0.255 e. The van der Waals surface area contributed by atoms with E-state index in [1.54, 1.807) is 36.9 Å². The SMILES string of the molecule is C=N/C=C\C1=C(C(=O)C(C)C)CN(C(C)c2ccc(OCCF)c(Cl)c2)C1=O. The molecule has 0 saturated heterocycles. The Bertz CT molecular complexity index is 833. The molecular formula is C21H24ClFN2O3. The molecule has 28 heavy (non-hydrogen) atoms. The number of Topliss-reactive ketones (excluding diaryl/α,β-unsaturated/α-hetero) is 1. The maximum atomic E-state index is 13.0. The fourth-order valence-corrected chi connectivity index (χ4v) is 3.25. The van der Waals surface area contributed by atoms with E-state index < -0.39 is 6.67 Å². The van der Waals surface area contributed by atoms with Gasteiger partial charge in [0.25, 0.3) is 5.91 Å². The van der Waals surface area contributed by atoms with Crippen molar-refractivity contribution in [2.75, 3.05) is 19.8 Å². The first-order valence-electron chi connectivity index (χ1n) is 9.00. The number of amides is 1. The summed E-state index contributed by atoms with van der Waals surface area (Å²) in [5.74, 6) is -0.151. The summed E-state index contributed by atoms with van der Waals surface area (Å²) in [5.41, 5.74) is 1.60. The molecule has 5 nitrogen and oxygen atoms in total. The average Bonchev–Trinajstić information content (AvgIpc) is 3.00. The zero-order chi connectivity index (χ0) is 20.8. The van der Waals surface area contributed by atoms with Crippen LogP contribution >= 0.6 is 11.6 Å². The van der Waals surface area contributed by atoms with E-state index in [2.05, 4.69) is 11.7 Å². The molecule has 7 heteroatoms. The van der Waals surface area contributed by atoms with E-state index in [9.17, 15) is 14.0 Å². The minimum absolute atomic E-state index is 0.0697. The summed E-state index contributed by atoms with van der Waals surface area (Å²) in [6.07, 6.45) is 2.93. The van der Waals surface area contributed by atoms with Crippen molar-refractivity contribution in [2.45, 2.75) is 26.8 Å². The zero-order valence-electron chi connectivity index (χ0n) is 16.2. The minimum atomic E-state index is -0.606. The highest BCUT2D eigenvalue weighted by Gasteiger charge is 2.36. The molecule has 1 amide bonds. The number of rotatable bonds is 9. The molecule has 1 heterocycles. The van der Waals surface area contributed by atoms with Crippen molar-refractivity contribution in [3.63, 3.8) is 0 Å². The number of hydrogen-bond donors (Lipinski definition) is 0. The van der Waals surface area contributed by atoms with Crippen molar-refractivity contribution in [3.05, 3.63) is 52.2 Å². The van der Waals surface area contributed by atoms with Gasteiger partial charge in [-0.05, 0) is 37.4 Å². The standard InChI is InChI=1S/C21H24ClFN2O3/c1-13(2)20(26)17-12-25(21(27)16(17)7-9-24-4)14(3)15-5-6-19(18(22)11-15)28-10-8-23/h5-7,9,11,13-14H,4,8,10,12H2,1-3H3/b9-7-. The van der Waals surface area contributed by atoms with Crippen LogP contribution in [0.15, 0.2) is 46.6 Å². The van der Waals surface area contributed by atoms with Crippen LogP contribution < -0.4 is 4.74 Å². The van der Waals surface area contributed by atoms with Gasteiger partial charge in [-0.2, -0.15) is 0 Å². The third-order valence-electron chi connectivity index (χ3n) is 4.55. The number of halogens is 2. The molecule has 0 fully saturated rings. The first kappa shape index (κ1) is 21.8. The molecule has 1 aromatic carbocycles. The molecule has 1 unspecified atom stereocenters. The van der Waals surface area contributed by atoms with Crippen molar-refractivity contribution in [2.24, 2.45) is 10.9 Å². The quantitative estimate of drug-likeness (QED) is 0.573. The molecule has 1 aromatic rings. The van der Waals surface area contributed by atoms with Crippen molar-refractivity contribution in [3.8, 4) is 5.75 Å². The Kier molecular flexibility index (Phi) is 7.52. The molecule has 1 atom stereocenters. The highest BCUT2D eigenvalue weighted by atomic mass is 35.5. The molecular weight excluding hydrogens is 383 g/mol. The second kappa shape index (κ2) is 9.64. The van der Waals surface area contributed by atoms with Gasteiger partial charge >= 0.3 is 0 Å². The molecule has 0 radical (unpaired) electrons. The van der Waals surface area contributed by atoms with Crippen LogP contribution in [0.4, 0.5) is 4.39 Å². The predicted octanol–water partition coefficient (Wildman–Crippen LogP) is 4.33. The summed E-state index contributed by atoms with van der Waals surface area (Å²) in [7, 11) is 0. The van der Waals surface area contributed by atoms with Gasteiger partial charge in [0, 0.05) is 23.3 Å². The molecule has 0 spiro atoms. The summed E-state index contributed by atoms with van der Waals surface area (Å²) in [4.78, 5) is 30.8. The predicted molar refractivity (Wildman–Crippen MR) is 109 cm³/mol. The lowest BCUT2D eigenvalue weighted by Gasteiger charge is -2.26. The summed E-state index contributed by atoms with van der Waals surface area (Å²) in [5, 5.41) is 0.340. The van der Waals surface area contributed by atoms with Crippen molar-refractivity contribution in [1.29, 1.82) is 0 Å². The number of benzene rings is 1. The van der Waals surface area contributed by atoms with Crippen molar-refractivity contribution < 1.29 is 18.7 Å². The summed E-state index contributed by atoms with van der Waals surface area (Å²) >= 11 is 6.22. The van der Waals surface area contributed by atoms with Crippen LogP contribution in [0.1, 0.15) is 32.4 Å². The zero-order valence-corrected chi connectivity index (χ0v) is 17.0. The number of aliphatic imine (C=N–C) groups is 1. The molecule has 1 aliphatic rings. The Balaban J connectivity index is 2.30. The smallest absolute Gasteiger partial charge is 0.255 e. The summed E-state index contributed by atoms with van der Waals surface area (Å²) < 4.78 is 17.5. The van der Waals surface area contributed by atoms with Gasteiger partial charge in [0.2, 0.25) is 0 Å². The van der Waals surface area contributed by atoms with Crippen LogP contribution in [0.5, 0.6) is 5.75 Å². The van der Waals surface area contributed by atoms with Gasteiger partial charge in [0.15, 0.2) is 5.78 Å². The number of ether oxygens (including phenoxy) is 1. The molecule has 150 valence electrons. The molecule has 0 aliphatic carbocycles. The van der Waals surface area contributed by atoms with Crippen LogP contribution in [0.2, 0.25) is 5.02 Å². The van der Waals surface area contributed by atoms with Crippen molar-refractivity contribution >= 4 is 30.0 Å². The van der Waals surface area contributed by atoms with E-state index in [1.165, 1.54) is 12.3 Å². The van der Waals surface area contributed by atoms with Gasteiger partial charge in [-0.3, -0.25) is 14.6 Å². The topological polar surface area (TPSA) is 59.0 Å². The van der Waals surface area contributed by atoms with E-state index in [0.717, 1.165) is 5.56 Å². The number of carbonyl (C=O) groups excluding carboxylic acids is 2. The van der Waals surface area contributed by atoms with Crippen LogP contribution in [-0.4, -0.2) is 43.1 Å². The first-order chi connectivity index (χ1) is 13.3. The molecule has 0 bridgehead atoms. The van der Waals surface area contributed by atoms with E-state index in [1.807, 2.05) is 6.92 Å². The number of hydrogen-bond acceptors (Lipinski definition) is 4. The summed E-state index contributed by atoms with van der Waals surface area (Å²) in [6.45, 7) is 8.37. The molecule has 1 aliphatic heterocycles. The monoisotopic (exact) mass is 406 g/mol. The van der Waals surface area contributed by atoms with Gasteiger partial charge in [0.1, 0.15) is 19.0 Å². The lowest BCUT2D eigenvalue weighted by molar-refractivity contribution is -0.127. The Hall–Kier alpha value is -2.47. The minimum Gasteiger partial charge on any atom is -0.489 e. The normalized spacial score (nSPS) is 15.6. The van der Waals surface area contributed by atoms with Gasteiger partial charge in [-0.15, -0.1) is 0 Å². The first-order valence-corrected chi connectivity index (χ1v) is 9.38. The lowest BCUT2D eigenvalue weighted by Crippen LogP contribution is -2.30. The Morgan fingerprint density at radius 2 is 2.14 bits per heavy atom. The molecule has 0 saturated carbocycles. The second-order valence-electron chi connectivity index (χ2n) is 6.75. The number of alkyl halides is 1. The van der Waals surface area contributed by atoms with E-state index in [0.29, 0.717) is 21.9 Å². The third-order valence-corrected chi connectivity index (χ3v) is 4.85. The highest BCUT2D eigenvalue weighted by molar-refractivity contribution is 6.32. The van der Waals surface area contributed by atoms with E-state index in [-0.39, 0.29) is 36.8 Å². The van der Waals surface area contributed by atoms with E-state index >= 15 is 0 Å². The van der Waals surface area contributed by atoms with Crippen molar-refractivity contribution in [1.82, 2.24) is 4.90 Å². The Morgan fingerprint density at radius 3 is 2.71 bits per heavy atom. The maximum absolute atomic E-state index is 13.0. The van der Waals surface area contributed by atoms with Gasteiger partial charge in [-0.1, -0.05) is 31.5 Å². The number of ketones is 1. The molecule has 2 rings (SSSR count). The van der Waals surface area contributed by atoms with Gasteiger partial charge in [-0.25, -0.2) is 4.39 Å². The number of carbonyl (C=O) groups is 2. The fraction of sp³-hybridized carbons (Fsp3) is 0.381. The lowest BCUT2D eigenvalue weighted by atomic mass is 9.98. The summed E-state index contributed by atoms with van der Waals surface area (Å²) in [6, 6.07) is 4.80. The Morgan fingerprint density at radius 1 is 1.43 bits per heavy atom. The molecule has 0 aromatic heterocycles. The molecule has 0 N–H and O–H groups in total. The van der Waals surface area contributed by atoms with Crippen LogP contribution in [0.3, 0.4) is 0 Å².